The Bertz CT molecular complexity index is 1240. The monoisotopic (exact) mass is 1910 g/mol. The van der Waals surface area contributed by atoms with Gasteiger partial charge in [0.15, 0.2) is 0 Å². The van der Waals surface area contributed by atoms with E-state index in [1.807, 2.05) is 0 Å². The van der Waals surface area contributed by atoms with Crippen LogP contribution in [-0.4, -0.2) is 234 Å². The fourth-order valence-corrected chi connectivity index (χ4v) is 0. The van der Waals surface area contributed by atoms with Gasteiger partial charge in [-0.2, -0.15) is 102 Å². The van der Waals surface area contributed by atoms with E-state index in [1.165, 1.54) is 0 Å². The van der Waals surface area contributed by atoms with E-state index >= 15 is 0 Å². The maximum Gasteiger partial charge on any atom is 3.00 e. The van der Waals surface area contributed by atoms with Gasteiger partial charge in [0, 0.05) is 0 Å². The van der Waals surface area contributed by atoms with E-state index in [2.05, 4.69) is 0 Å². The summed E-state index contributed by atoms with van der Waals surface area (Å²) in [6.45, 7) is 0. The first kappa shape index (κ1) is 205. The maximum atomic E-state index is 8.55. The van der Waals surface area contributed by atoms with E-state index in [0.29, 0.717) is 0 Å². The zero-order valence-corrected chi connectivity index (χ0v) is 77.0. The van der Waals surface area contributed by atoms with Crippen LogP contribution in [0.5, 0.6) is 0 Å². The van der Waals surface area contributed by atoms with Crippen LogP contribution >= 0.6 is 102 Å². The molecule has 52 nitrogen and oxygen atoms in total. The van der Waals surface area contributed by atoms with Crippen molar-refractivity contribution in [2.75, 3.05) is 0 Å². The van der Waals surface area contributed by atoms with Crippen LogP contribution in [0.4, 0.5) is 0 Å². The first-order valence-corrected chi connectivity index (χ1v) is 28.5. The Balaban J connectivity index is -0.0000000120. The predicted molar refractivity (Wildman–Crippen MR) is 151 cm³/mol. The summed E-state index contributed by atoms with van der Waals surface area (Å²) in [6.07, 6.45) is 0. The van der Waals surface area contributed by atoms with Crippen LogP contribution in [0.3, 0.4) is 0 Å². The van der Waals surface area contributed by atoms with Crippen molar-refractivity contribution < 1.29 is 441 Å². The van der Waals surface area contributed by atoms with Gasteiger partial charge >= 0.3 is 426 Å². The van der Waals surface area contributed by atoms with E-state index in [0.717, 1.165) is 0 Å². The molecule has 0 aromatic rings. The van der Waals surface area contributed by atoms with Gasteiger partial charge in [-0.3, -0.25) is 0 Å². The number of hydrogen-bond acceptors (Lipinski definition) is 52. The third-order valence-corrected chi connectivity index (χ3v) is 0. The van der Waals surface area contributed by atoms with E-state index in [-0.39, 0.29) is 426 Å². The van der Waals surface area contributed by atoms with Crippen molar-refractivity contribution >= 4 is 336 Å². The van der Waals surface area contributed by atoms with Gasteiger partial charge in [0.1, 0.15) is 0 Å². The Morgan fingerprint density at radius 1 is 0.145 bits per heavy atom. The molecule has 0 aliphatic carbocycles. The minimum atomic E-state index is -5.39. The molecule has 0 saturated heterocycles. The average molecular weight is 1910 g/mol. The van der Waals surface area contributed by atoms with Crippen molar-refractivity contribution in [3.05, 3.63) is 0 Å². The topological polar surface area (TPSA) is 1120 Å². The van der Waals surface area contributed by atoms with Gasteiger partial charge in [-0.1, -0.05) is 0 Å². The Morgan fingerprint density at radius 2 is 0.145 bits per heavy atom. The van der Waals surface area contributed by atoms with Crippen molar-refractivity contribution in [3.63, 3.8) is 0 Å². The zero-order valence-electron chi connectivity index (χ0n) is 38.2. The van der Waals surface area contributed by atoms with Gasteiger partial charge in [-0.05, 0) is 0 Å². The van der Waals surface area contributed by atoms with Crippen molar-refractivity contribution in [2.45, 2.75) is 0 Å². The van der Waals surface area contributed by atoms with Crippen LogP contribution in [0.15, 0.2) is 0 Å². The Kier molecular flexibility index (Phi) is 256. The van der Waals surface area contributed by atoms with Gasteiger partial charge < -0.3 is 250 Å². The standard InChI is InChI=1S/3Al.3Ca.3Fe.3Mg.3Mn.3Na.13H3O4P/c;;;;;;;;;;;;;;;;;;13*1-5(2,3)4/h;;;;;;;;;;;;;;;;;;13*(H3,1,2,3,4)/q3*+3;3*+2;3*+3;6*+2;3*+1;;;;;;;;;;;;;/p-39. The first-order chi connectivity index (χ1) is 26.0. The summed E-state index contributed by atoms with van der Waals surface area (Å²) in [6, 6.07) is 0. The van der Waals surface area contributed by atoms with Crippen LogP contribution < -0.4 is 280 Å². The molecule has 0 atom stereocenters. The Hall–Kier alpha value is 15.2. The summed E-state index contributed by atoms with van der Waals surface area (Å²) in [5.41, 5.74) is 0. The SMILES string of the molecule is O=P([O-])([O-])[O-].O=P([O-])([O-])[O-].O=P([O-])([O-])[O-].O=P([O-])([O-])[O-].O=P([O-])([O-])[O-].O=P([O-])([O-])[O-].O=P([O-])([O-])[O-].O=P([O-])([O-])[O-].O=P([O-])([O-])[O-].O=P([O-])([O-])[O-].O=P([O-])([O-])[O-].O=P([O-])([O-])[O-].O=P([O-])([O-])[O-].[Al+3].[Al+3].[Al+3].[Ca+2].[Ca+2].[Ca+2].[Fe+3].[Fe+3].[Fe+3].[Mg+2].[Mg+2].[Mg+2].[Mn+2].[Mn+2].[Mn+2].[Na+].[Na+].[Na+]. The molecule has 0 unspecified atom stereocenters. The molecule has 0 aromatic carbocycles. The van der Waals surface area contributed by atoms with Gasteiger partial charge in [0.25, 0.3) is 0 Å². The second-order valence-electron chi connectivity index (χ2n) is 5.81. The van der Waals surface area contributed by atoms with Crippen LogP contribution in [0.25, 0.3) is 0 Å². The maximum absolute atomic E-state index is 8.55. The van der Waals surface area contributed by atoms with E-state index in [4.69, 9.17) is 250 Å². The number of phosphoric acid groups is 13. The molecule has 6 radical (unpaired) electrons. The van der Waals surface area contributed by atoms with Gasteiger partial charge in [0.2, 0.25) is 0 Å². The smallest absolute Gasteiger partial charge is 0.822 e. The van der Waals surface area contributed by atoms with Gasteiger partial charge in [-0.25, -0.2) is 0 Å². The second-order valence-corrected chi connectivity index (χ2v) is 17.4. The molecule has 0 N–H and O–H groups in total. The predicted octanol–water partition coefficient (Wildman–Crippen LogP) is -49.2. The summed E-state index contributed by atoms with van der Waals surface area (Å²) >= 11 is 0. The molecule has 0 aliphatic rings. The zero-order chi connectivity index (χ0) is 58.5. The number of rotatable bonds is 0. The average Bonchev–Trinajstić information content (AvgIpc) is 2.54. The molecule has 446 valence electrons. The summed E-state index contributed by atoms with van der Waals surface area (Å²) in [7, 11) is -70.1. The molecule has 83 heteroatoms. The van der Waals surface area contributed by atoms with Crippen LogP contribution in [0.1, 0.15) is 0 Å². The molecular formula is Al3Ca3Fe3Mg3Mn3Na3O52P13. The number of hydrogen-bond donors (Lipinski definition) is 0. The minimum Gasteiger partial charge on any atom is -0.822 e. The summed E-state index contributed by atoms with van der Waals surface area (Å²) in [5.74, 6) is 0. The van der Waals surface area contributed by atoms with E-state index < -0.39 is 102 Å². The van der Waals surface area contributed by atoms with Crippen molar-refractivity contribution in [1.29, 1.82) is 0 Å². The molecule has 0 heterocycles. The fourth-order valence-electron chi connectivity index (χ4n) is 0. The molecule has 0 spiro atoms. The van der Waals surface area contributed by atoms with E-state index in [9.17, 15) is 0 Å². The summed E-state index contributed by atoms with van der Waals surface area (Å²) < 4.78 is 111. The summed E-state index contributed by atoms with van der Waals surface area (Å²) in [4.78, 5) is 333. The molecule has 0 amide bonds. The van der Waals surface area contributed by atoms with Crippen LogP contribution in [-0.2, 0) is 162 Å². The molecule has 0 aliphatic heterocycles. The normalized spacial score (nSPS) is 9.24. The van der Waals surface area contributed by atoms with Gasteiger partial charge in [0.05, 0.1) is 0 Å². The molecule has 0 bridgehead atoms. The molecule has 83 heavy (non-hydrogen) atoms. The third kappa shape index (κ3) is 3800. The van der Waals surface area contributed by atoms with Gasteiger partial charge in [-0.15, -0.1) is 0 Å². The fraction of sp³-hybridized carbons (Fsp3) is 0. The molecule has 0 rings (SSSR count). The van der Waals surface area contributed by atoms with Crippen LogP contribution in [0, 0.1) is 0 Å². The van der Waals surface area contributed by atoms with Crippen molar-refractivity contribution in [2.24, 2.45) is 0 Å². The molecule has 0 fully saturated rings. The van der Waals surface area contributed by atoms with Crippen molar-refractivity contribution in [3.8, 4) is 0 Å². The quantitative estimate of drug-likeness (QED) is 0.160. The Labute approximate surface area is 762 Å². The van der Waals surface area contributed by atoms with Crippen LogP contribution in [0.2, 0.25) is 0 Å². The minimum absolute atomic E-state index is 0. The first-order valence-electron chi connectivity index (χ1n) is 9.49. The van der Waals surface area contributed by atoms with E-state index in [1.54, 1.807) is 0 Å². The second kappa shape index (κ2) is 104. The summed E-state index contributed by atoms with van der Waals surface area (Å²) in [5, 5.41) is 0. The largest absolute Gasteiger partial charge is 3.00 e. The third-order valence-electron chi connectivity index (χ3n) is 0. The molecule has 0 aromatic heterocycles. The Morgan fingerprint density at radius 3 is 0.145 bits per heavy atom. The van der Waals surface area contributed by atoms with Crippen molar-refractivity contribution in [1.82, 2.24) is 0 Å². The molecular weight excluding hydrogens is 1910 g/mol. The molecule has 0 saturated carbocycles.